The van der Waals surface area contributed by atoms with Crippen LogP contribution in [-0.4, -0.2) is 19.7 Å². The van der Waals surface area contributed by atoms with Gasteiger partial charge in [-0.05, 0) is 24.3 Å². The molecule has 2 heterocycles. The molecule has 0 atom stereocenters. The first-order valence-corrected chi connectivity index (χ1v) is 8.89. The Morgan fingerprint density at radius 3 is 2.41 bits per heavy atom. The van der Waals surface area contributed by atoms with Crippen LogP contribution < -0.4 is 5.56 Å². The molecule has 146 valence electrons. The SMILES string of the molecule is O=c1c2ccccc2cnn1-c1nc(-c2ccc(Cl)c(Cl)c2)cc(C(F)(F)F)n1. The van der Waals surface area contributed by atoms with Gasteiger partial charge >= 0.3 is 6.18 Å². The Balaban J connectivity index is 1.97. The second kappa shape index (κ2) is 7.13. The summed E-state index contributed by atoms with van der Waals surface area (Å²) in [5, 5.41) is 5.15. The topological polar surface area (TPSA) is 60.7 Å². The molecule has 2 aromatic carbocycles. The number of nitrogens with zero attached hydrogens (tertiary/aromatic N) is 4. The van der Waals surface area contributed by atoms with E-state index in [1.807, 2.05) is 0 Å². The highest BCUT2D eigenvalue weighted by atomic mass is 35.5. The van der Waals surface area contributed by atoms with Gasteiger partial charge in [0.25, 0.3) is 11.5 Å². The van der Waals surface area contributed by atoms with Crippen molar-refractivity contribution in [1.82, 2.24) is 19.7 Å². The molecule has 4 rings (SSSR count). The lowest BCUT2D eigenvalue weighted by molar-refractivity contribution is -0.141. The average Bonchev–Trinajstić information content (AvgIpc) is 2.69. The van der Waals surface area contributed by atoms with E-state index in [9.17, 15) is 18.0 Å². The summed E-state index contributed by atoms with van der Waals surface area (Å²) in [4.78, 5) is 20.4. The van der Waals surface area contributed by atoms with Gasteiger partial charge in [-0.1, -0.05) is 47.5 Å². The van der Waals surface area contributed by atoms with Crippen molar-refractivity contribution in [2.75, 3.05) is 0 Å². The lowest BCUT2D eigenvalue weighted by atomic mass is 10.1. The Bertz CT molecular complexity index is 1300. The van der Waals surface area contributed by atoms with Gasteiger partial charge in [0, 0.05) is 10.9 Å². The summed E-state index contributed by atoms with van der Waals surface area (Å²) >= 11 is 11.9. The number of fused-ring (bicyclic) bond motifs is 1. The van der Waals surface area contributed by atoms with E-state index in [0.29, 0.717) is 5.39 Å². The Hall–Kier alpha value is -2.97. The number of hydrogen-bond donors (Lipinski definition) is 0. The van der Waals surface area contributed by atoms with Crippen LogP contribution in [0.5, 0.6) is 0 Å². The summed E-state index contributed by atoms with van der Waals surface area (Å²) in [5.74, 6) is -0.503. The van der Waals surface area contributed by atoms with Crippen LogP contribution in [0.15, 0.2) is 59.5 Å². The van der Waals surface area contributed by atoms with E-state index in [-0.39, 0.29) is 26.7 Å². The molecule has 0 radical (unpaired) electrons. The lowest BCUT2D eigenvalue weighted by Gasteiger charge is -2.12. The molecule has 0 spiro atoms. The monoisotopic (exact) mass is 436 g/mol. The van der Waals surface area contributed by atoms with Crippen LogP contribution in [0, 0.1) is 0 Å². The Morgan fingerprint density at radius 1 is 0.931 bits per heavy atom. The van der Waals surface area contributed by atoms with Crippen molar-refractivity contribution in [2.24, 2.45) is 0 Å². The molecule has 0 aliphatic rings. The first-order chi connectivity index (χ1) is 13.7. The molecule has 0 N–H and O–H groups in total. The van der Waals surface area contributed by atoms with Crippen LogP contribution >= 0.6 is 23.2 Å². The van der Waals surface area contributed by atoms with Crippen molar-refractivity contribution in [3.63, 3.8) is 0 Å². The minimum atomic E-state index is -4.76. The Morgan fingerprint density at radius 2 is 1.69 bits per heavy atom. The Labute approximate surface area is 171 Å². The molecular formula is C19H9Cl2F3N4O. The molecule has 4 aromatic rings. The predicted octanol–water partition coefficient (Wildman–Crippen LogP) is 5.17. The second-order valence-electron chi connectivity index (χ2n) is 6.01. The highest BCUT2D eigenvalue weighted by Crippen LogP contribution is 2.32. The maximum atomic E-state index is 13.4. The van der Waals surface area contributed by atoms with Crippen LogP contribution in [0.1, 0.15) is 5.69 Å². The summed E-state index contributed by atoms with van der Waals surface area (Å²) in [6, 6.07) is 11.6. The fourth-order valence-electron chi connectivity index (χ4n) is 2.71. The minimum absolute atomic E-state index is 0.0808. The standard InChI is InChI=1S/C19H9Cl2F3N4O/c20-13-6-5-10(7-14(13)21)15-8-16(19(22,23)24)27-18(26-15)28-17(29)12-4-2-1-3-11(12)9-25-28/h1-9H. The molecule has 0 saturated heterocycles. The third-order valence-corrected chi connectivity index (χ3v) is 4.84. The van der Waals surface area contributed by atoms with Gasteiger partial charge in [-0.25, -0.2) is 9.97 Å². The summed E-state index contributed by atoms with van der Waals surface area (Å²) in [5.41, 5.74) is -1.65. The average molecular weight is 437 g/mol. The number of rotatable bonds is 2. The van der Waals surface area contributed by atoms with Crippen molar-refractivity contribution in [3.8, 4) is 17.2 Å². The highest BCUT2D eigenvalue weighted by molar-refractivity contribution is 6.42. The van der Waals surface area contributed by atoms with Crippen molar-refractivity contribution in [1.29, 1.82) is 0 Å². The smallest absolute Gasteiger partial charge is 0.267 e. The second-order valence-corrected chi connectivity index (χ2v) is 6.83. The molecular weight excluding hydrogens is 428 g/mol. The first-order valence-electron chi connectivity index (χ1n) is 8.13. The molecule has 0 aliphatic carbocycles. The van der Waals surface area contributed by atoms with Gasteiger partial charge in [0.15, 0.2) is 5.69 Å². The number of halogens is 5. The molecule has 0 bridgehead atoms. The van der Waals surface area contributed by atoms with Gasteiger partial charge in [0.2, 0.25) is 0 Å². The molecule has 0 fully saturated rings. The molecule has 10 heteroatoms. The van der Waals surface area contributed by atoms with Gasteiger partial charge in [-0.15, -0.1) is 0 Å². The third-order valence-electron chi connectivity index (χ3n) is 4.11. The molecule has 2 aromatic heterocycles. The van der Waals surface area contributed by atoms with Crippen molar-refractivity contribution < 1.29 is 13.2 Å². The maximum absolute atomic E-state index is 13.4. The van der Waals surface area contributed by atoms with Crippen LogP contribution in [-0.2, 0) is 6.18 Å². The summed E-state index contributed by atoms with van der Waals surface area (Å²) in [6.45, 7) is 0. The summed E-state index contributed by atoms with van der Waals surface area (Å²) < 4.78 is 41.0. The van der Waals surface area contributed by atoms with Crippen molar-refractivity contribution in [2.45, 2.75) is 6.18 Å². The molecule has 5 nitrogen and oxygen atoms in total. The number of aromatic nitrogens is 4. The van der Waals surface area contributed by atoms with Crippen LogP contribution in [0.3, 0.4) is 0 Å². The van der Waals surface area contributed by atoms with E-state index in [1.165, 1.54) is 24.4 Å². The largest absolute Gasteiger partial charge is 0.433 e. The zero-order chi connectivity index (χ0) is 20.8. The van der Waals surface area contributed by atoms with Crippen molar-refractivity contribution in [3.05, 3.63) is 80.8 Å². The van der Waals surface area contributed by atoms with E-state index in [0.717, 1.165) is 10.7 Å². The predicted molar refractivity (Wildman–Crippen MR) is 103 cm³/mol. The molecule has 29 heavy (non-hydrogen) atoms. The van der Waals surface area contributed by atoms with Crippen LogP contribution in [0.4, 0.5) is 13.2 Å². The van der Waals surface area contributed by atoms with Crippen molar-refractivity contribution >= 4 is 34.0 Å². The molecule has 0 saturated carbocycles. The first kappa shape index (κ1) is 19.4. The van der Waals surface area contributed by atoms with Crippen LogP contribution in [0.2, 0.25) is 10.0 Å². The fraction of sp³-hybridized carbons (Fsp3) is 0.0526. The molecule has 0 unspecified atom stereocenters. The third kappa shape index (κ3) is 3.68. The highest BCUT2D eigenvalue weighted by Gasteiger charge is 2.34. The van der Waals surface area contributed by atoms with E-state index in [1.54, 1.807) is 24.3 Å². The van der Waals surface area contributed by atoms with Gasteiger partial charge in [-0.2, -0.15) is 23.0 Å². The maximum Gasteiger partial charge on any atom is 0.433 e. The Kier molecular flexibility index (Phi) is 4.76. The summed E-state index contributed by atoms with van der Waals surface area (Å²) in [7, 11) is 0. The van der Waals surface area contributed by atoms with Gasteiger partial charge in [0.05, 0.1) is 27.3 Å². The van der Waals surface area contributed by atoms with Gasteiger partial charge in [0.1, 0.15) is 0 Å². The lowest BCUT2D eigenvalue weighted by Crippen LogP contribution is -2.24. The quantitative estimate of drug-likeness (QED) is 0.434. The minimum Gasteiger partial charge on any atom is -0.267 e. The van der Waals surface area contributed by atoms with Crippen LogP contribution in [0.25, 0.3) is 28.0 Å². The van der Waals surface area contributed by atoms with Gasteiger partial charge < -0.3 is 0 Å². The number of benzene rings is 2. The number of alkyl halides is 3. The van der Waals surface area contributed by atoms with E-state index in [2.05, 4.69) is 15.1 Å². The zero-order valence-electron chi connectivity index (χ0n) is 14.3. The van der Waals surface area contributed by atoms with E-state index in [4.69, 9.17) is 23.2 Å². The number of hydrogen-bond acceptors (Lipinski definition) is 4. The fourth-order valence-corrected chi connectivity index (χ4v) is 3.01. The normalized spacial score (nSPS) is 11.8. The summed E-state index contributed by atoms with van der Waals surface area (Å²) in [6.07, 6.45) is -3.40. The molecule has 0 amide bonds. The van der Waals surface area contributed by atoms with Gasteiger partial charge in [-0.3, -0.25) is 4.79 Å². The van der Waals surface area contributed by atoms with E-state index < -0.39 is 23.4 Å². The molecule has 0 aliphatic heterocycles. The zero-order valence-corrected chi connectivity index (χ0v) is 15.8. The van der Waals surface area contributed by atoms with E-state index >= 15 is 0 Å².